The van der Waals surface area contributed by atoms with Gasteiger partial charge in [-0.3, -0.25) is 52.7 Å². The van der Waals surface area contributed by atoms with Crippen LogP contribution in [0.3, 0.4) is 0 Å². The summed E-state index contributed by atoms with van der Waals surface area (Å²) in [5.41, 5.74) is -2.25. The molecule has 5 rings (SSSR count). The van der Waals surface area contributed by atoms with Crippen molar-refractivity contribution in [2.75, 3.05) is 68.5 Å². The lowest BCUT2D eigenvalue weighted by Gasteiger charge is -2.39. The van der Waals surface area contributed by atoms with Crippen molar-refractivity contribution in [2.24, 2.45) is 23.7 Å². The van der Waals surface area contributed by atoms with Gasteiger partial charge in [0.1, 0.15) is 41.8 Å². The average molecular weight is 1260 g/mol. The molecule has 4 N–H and O–H groups in total. The number of halogens is 4. The third-order valence-electron chi connectivity index (χ3n) is 18.1. The van der Waals surface area contributed by atoms with Gasteiger partial charge in [0, 0.05) is 61.3 Å². The largest absolute Gasteiger partial charge is 0.417 e. The summed E-state index contributed by atoms with van der Waals surface area (Å²) in [6.45, 7) is 10.9. The van der Waals surface area contributed by atoms with Gasteiger partial charge in [-0.25, -0.2) is 0 Å². The zero-order valence-corrected chi connectivity index (χ0v) is 54.4. The summed E-state index contributed by atoms with van der Waals surface area (Å²) < 4.78 is 41.2. The summed E-state index contributed by atoms with van der Waals surface area (Å²) in [4.78, 5) is 167. The van der Waals surface area contributed by atoms with Gasteiger partial charge < -0.3 is 55.6 Å². The molecule has 1 aromatic rings. The molecule has 4 aliphatic rings. The first-order valence-electron chi connectivity index (χ1n) is 31.0. The molecule has 0 aromatic heterocycles. The minimum Gasteiger partial charge on any atom is -0.351 e. The van der Waals surface area contributed by atoms with Gasteiger partial charge in [-0.05, 0) is 99.7 Å². The molecule has 4 fully saturated rings. The van der Waals surface area contributed by atoms with Crippen LogP contribution in [0.4, 0.5) is 13.2 Å². The Labute approximate surface area is 521 Å². The summed E-state index contributed by atoms with van der Waals surface area (Å²) in [6, 6.07) is -4.58. The number of carbonyl (C=O) groups excluding carboxylic acids is 11. The molecular formula is C62H95ClF3N11O11. The summed E-state index contributed by atoms with van der Waals surface area (Å²) in [6.07, 6.45) is 0.152. The fourth-order valence-corrected chi connectivity index (χ4v) is 12.7. The molecule has 2 saturated heterocycles. The molecule has 88 heavy (non-hydrogen) atoms. The standard InChI is InChI=1S/C62H95ClF3N11O11/c1-14-38(6)52-59(87)73(10)34-50(80)71(8)35-51(81)75(12)47(32-40-19-17-20-40)58(86)72(9)33-48(78)68-44(25-23-41-22-24-42(43(63)31-41)62(64,65)66)57(85)77-28-18-21-45(77)55(83)70-61(26-15-16-27-61)60(88)76(13)53(37(4)5)56(84)67-39(7)30-49(79)74(11)46(29-36(2)3)54(82)69-52/h22,24,31,36-40,44-47,52-53H,14-21,23,25-30,32-35H2,1-13H3,(H,67,84)(H,68,78)(H,69,82)(H,70,83)/t38-,39+,44-,45-,46-,47-,52-,53-/m0/s1. The molecule has 2 aliphatic carbocycles. The van der Waals surface area contributed by atoms with Gasteiger partial charge in [0.25, 0.3) is 0 Å². The van der Waals surface area contributed by atoms with Crippen molar-refractivity contribution >= 4 is 76.6 Å². The quantitative estimate of drug-likeness (QED) is 0.256. The number of rotatable bonds is 10. The van der Waals surface area contributed by atoms with Crippen molar-refractivity contribution < 1.29 is 65.9 Å². The molecular weight excluding hydrogens is 1170 g/mol. The SMILES string of the molecule is CC[C@H](C)[C@@H]1NC(=O)[C@H](CC(C)C)N(C)C(=O)C[C@@H](C)NC(=O)[C@H](C(C)C)N(C)C(=O)C2(CCCC2)NC(=O)[C@@H]2CCCN2C(=O)[C@H](CCc2ccc(C(F)(F)F)c(Cl)c2)NC(=O)CN(C)C(=O)[C@H](CC2CCC2)N(C)C(=O)CN(C)C(=O)CN(C)C1=O. The van der Waals surface area contributed by atoms with Crippen molar-refractivity contribution in [3.05, 3.63) is 34.3 Å². The predicted octanol–water partition coefficient (Wildman–Crippen LogP) is 4.38. The molecule has 22 nitrogen and oxygen atoms in total. The minimum atomic E-state index is -4.74. The van der Waals surface area contributed by atoms with Crippen molar-refractivity contribution in [3.63, 3.8) is 0 Å². The molecule has 1 spiro atoms. The van der Waals surface area contributed by atoms with Crippen LogP contribution in [0.15, 0.2) is 18.2 Å². The number of fused-ring (bicyclic) bond motifs is 1. The lowest BCUT2D eigenvalue weighted by atomic mass is 9.80. The number of hydrogen-bond donors (Lipinski definition) is 4. The minimum absolute atomic E-state index is 0.0593. The Morgan fingerprint density at radius 2 is 1.28 bits per heavy atom. The van der Waals surface area contributed by atoms with E-state index in [9.17, 15) is 65.9 Å². The van der Waals surface area contributed by atoms with E-state index >= 15 is 0 Å². The van der Waals surface area contributed by atoms with Gasteiger partial charge in [0.15, 0.2) is 0 Å². The molecule has 492 valence electrons. The Morgan fingerprint density at radius 3 is 1.85 bits per heavy atom. The third-order valence-corrected chi connectivity index (χ3v) is 18.4. The number of nitrogens with zero attached hydrogens (tertiary/aromatic N) is 7. The number of nitrogens with one attached hydrogen (secondary N) is 4. The predicted molar refractivity (Wildman–Crippen MR) is 323 cm³/mol. The topological polar surface area (TPSA) is 259 Å². The molecule has 11 amide bonds. The van der Waals surface area contributed by atoms with Crippen LogP contribution in [0, 0.1) is 23.7 Å². The van der Waals surface area contributed by atoms with E-state index in [1.807, 2.05) is 20.8 Å². The molecule has 0 radical (unpaired) electrons. The number of likely N-dealkylation sites (N-methyl/N-ethyl adjacent to an activating group) is 6. The Bertz CT molecular complexity index is 2720. The van der Waals surface area contributed by atoms with Crippen LogP contribution in [0.25, 0.3) is 0 Å². The first kappa shape index (κ1) is 72.2. The van der Waals surface area contributed by atoms with Crippen molar-refractivity contribution in [1.82, 2.24) is 55.6 Å². The van der Waals surface area contributed by atoms with Crippen LogP contribution in [0.2, 0.25) is 5.02 Å². The van der Waals surface area contributed by atoms with E-state index < -0.39 is 161 Å². The molecule has 2 heterocycles. The number of amides is 11. The maximum atomic E-state index is 15.0. The highest BCUT2D eigenvalue weighted by molar-refractivity contribution is 6.31. The number of hydrogen-bond acceptors (Lipinski definition) is 11. The highest BCUT2D eigenvalue weighted by atomic mass is 35.5. The van der Waals surface area contributed by atoms with Gasteiger partial charge in [-0.15, -0.1) is 0 Å². The van der Waals surface area contributed by atoms with E-state index in [0.29, 0.717) is 31.2 Å². The first-order valence-corrected chi connectivity index (χ1v) is 31.4. The Morgan fingerprint density at radius 1 is 0.670 bits per heavy atom. The Kier molecular flexibility index (Phi) is 25.7. The van der Waals surface area contributed by atoms with E-state index in [2.05, 4.69) is 21.3 Å². The normalized spacial score (nSPS) is 26.4. The van der Waals surface area contributed by atoms with E-state index in [1.54, 1.807) is 27.7 Å². The highest BCUT2D eigenvalue weighted by Gasteiger charge is 2.50. The zero-order valence-electron chi connectivity index (χ0n) is 53.7. The van der Waals surface area contributed by atoms with E-state index in [0.717, 1.165) is 46.1 Å². The number of aryl methyl sites for hydroxylation is 1. The van der Waals surface area contributed by atoms with E-state index in [4.69, 9.17) is 11.6 Å². The Balaban J connectivity index is 1.53. The smallest absolute Gasteiger partial charge is 0.351 e. The van der Waals surface area contributed by atoms with Gasteiger partial charge >= 0.3 is 6.18 Å². The van der Waals surface area contributed by atoms with Crippen molar-refractivity contribution in [2.45, 2.75) is 199 Å². The highest BCUT2D eigenvalue weighted by Crippen LogP contribution is 2.37. The van der Waals surface area contributed by atoms with Gasteiger partial charge in [-0.2, -0.15) is 13.2 Å². The molecule has 0 bridgehead atoms. The number of carbonyl (C=O) groups is 11. The molecule has 26 heteroatoms. The second-order valence-electron chi connectivity index (χ2n) is 25.9. The van der Waals surface area contributed by atoms with Crippen LogP contribution in [-0.2, 0) is 65.3 Å². The fourth-order valence-electron chi connectivity index (χ4n) is 12.3. The Hall–Kier alpha value is -6.53. The van der Waals surface area contributed by atoms with Gasteiger partial charge in [-0.1, -0.05) is 97.7 Å². The average Bonchev–Trinajstić information content (AvgIpc) is 3.12. The van der Waals surface area contributed by atoms with Crippen LogP contribution < -0.4 is 21.3 Å². The lowest BCUT2D eigenvalue weighted by molar-refractivity contribution is -0.149. The number of benzene rings is 1. The van der Waals surface area contributed by atoms with E-state index in [-0.39, 0.29) is 69.7 Å². The summed E-state index contributed by atoms with van der Waals surface area (Å²) in [7, 11) is 8.50. The zero-order chi connectivity index (χ0) is 65.9. The fraction of sp³-hybridized carbons (Fsp3) is 0.726. The molecule has 0 unspecified atom stereocenters. The second-order valence-corrected chi connectivity index (χ2v) is 26.3. The maximum Gasteiger partial charge on any atom is 0.417 e. The van der Waals surface area contributed by atoms with Gasteiger partial charge in [0.05, 0.1) is 30.2 Å². The maximum absolute atomic E-state index is 15.0. The first-order chi connectivity index (χ1) is 41.1. The van der Waals surface area contributed by atoms with Crippen LogP contribution in [0.5, 0.6) is 0 Å². The van der Waals surface area contributed by atoms with E-state index in [1.165, 1.54) is 68.0 Å². The van der Waals surface area contributed by atoms with Crippen molar-refractivity contribution in [3.8, 4) is 0 Å². The second kappa shape index (κ2) is 31.3. The van der Waals surface area contributed by atoms with Crippen LogP contribution >= 0.6 is 11.6 Å². The summed E-state index contributed by atoms with van der Waals surface area (Å²) in [5.74, 6) is -7.80. The monoisotopic (exact) mass is 1260 g/mol. The third kappa shape index (κ3) is 18.3. The number of alkyl halides is 3. The molecule has 2 aliphatic heterocycles. The van der Waals surface area contributed by atoms with Gasteiger partial charge in [0.2, 0.25) is 65.0 Å². The van der Waals surface area contributed by atoms with Crippen LogP contribution in [0.1, 0.15) is 149 Å². The molecule has 8 atom stereocenters. The van der Waals surface area contributed by atoms with Crippen LogP contribution in [-0.4, -0.2) is 216 Å². The lowest BCUT2D eigenvalue weighted by Crippen LogP contribution is -2.64. The summed E-state index contributed by atoms with van der Waals surface area (Å²) in [5, 5.41) is 10.9. The molecule has 1 aromatic carbocycles. The van der Waals surface area contributed by atoms with Crippen molar-refractivity contribution in [1.29, 1.82) is 0 Å². The molecule has 2 saturated carbocycles. The summed E-state index contributed by atoms with van der Waals surface area (Å²) >= 11 is 6.09.